The minimum Gasteiger partial charge on any atom is -0.338 e. The van der Waals surface area contributed by atoms with Crippen molar-refractivity contribution in [2.45, 2.75) is 17.9 Å². The van der Waals surface area contributed by atoms with Gasteiger partial charge in [-0.15, -0.1) is 0 Å². The van der Waals surface area contributed by atoms with Gasteiger partial charge in [-0.1, -0.05) is 29.8 Å². The van der Waals surface area contributed by atoms with Crippen LogP contribution >= 0.6 is 0 Å². The fourth-order valence-corrected chi connectivity index (χ4v) is 4.85. The highest BCUT2D eigenvalue weighted by atomic mass is 32.2. The predicted molar refractivity (Wildman–Crippen MR) is 132 cm³/mol. The molecule has 9 heteroatoms. The molecule has 0 fully saturated rings. The molecule has 0 saturated carbocycles. The summed E-state index contributed by atoms with van der Waals surface area (Å²) in [6.07, 6.45) is 3.38. The summed E-state index contributed by atoms with van der Waals surface area (Å²) in [7, 11) is -0.466. The van der Waals surface area contributed by atoms with E-state index in [-0.39, 0.29) is 16.6 Å². The first-order valence-electron chi connectivity index (χ1n) is 10.9. The van der Waals surface area contributed by atoms with Crippen LogP contribution in [0.2, 0.25) is 0 Å². The van der Waals surface area contributed by atoms with Crippen molar-refractivity contribution in [2.24, 2.45) is 7.05 Å². The molecule has 35 heavy (non-hydrogen) atoms. The van der Waals surface area contributed by atoms with Crippen LogP contribution in [0.15, 0.2) is 90.1 Å². The summed E-state index contributed by atoms with van der Waals surface area (Å²) < 4.78 is 42.3. The molecule has 0 bridgehead atoms. The number of imidazole rings is 1. The molecular formula is C26H25FN4O3S. The Hall–Kier alpha value is -3.98. The third-order valence-electron chi connectivity index (χ3n) is 5.77. The normalized spacial score (nSPS) is 12.2. The SMILES string of the molecule is Cc1ccc(S(=O)(=O)N(C)c2ccc(C(=O)NC(c3ccc(F)cc3)c3nccn3C)cc2)cc1. The van der Waals surface area contributed by atoms with Gasteiger partial charge in [0.05, 0.1) is 10.6 Å². The first-order valence-corrected chi connectivity index (χ1v) is 12.3. The van der Waals surface area contributed by atoms with E-state index in [0.717, 1.165) is 5.56 Å². The molecule has 1 unspecified atom stereocenters. The van der Waals surface area contributed by atoms with E-state index in [9.17, 15) is 17.6 Å². The van der Waals surface area contributed by atoms with Crippen molar-refractivity contribution in [3.63, 3.8) is 0 Å². The van der Waals surface area contributed by atoms with Crippen LogP contribution in [0.1, 0.15) is 33.4 Å². The van der Waals surface area contributed by atoms with Crippen LogP contribution in [0, 0.1) is 12.7 Å². The van der Waals surface area contributed by atoms with Crippen molar-refractivity contribution in [1.29, 1.82) is 0 Å². The fourth-order valence-electron chi connectivity index (χ4n) is 3.65. The maximum atomic E-state index is 13.5. The lowest BCUT2D eigenvalue weighted by Gasteiger charge is -2.21. The maximum absolute atomic E-state index is 13.5. The molecule has 3 aromatic carbocycles. The molecule has 180 valence electrons. The molecule has 1 amide bonds. The highest BCUT2D eigenvalue weighted by Gasteiger charge is 2.23. The zero-order chi connectivity index (χ0) is 25.2. The number of rotatable bonds is 7. The van der Waals surface area contributed by atoms with Gasteiger partial charge < -0.3 is 9.88 Å². The maximum Gasteiger partial charge on any atom is 0.264 e. The lowest BCUT2D eigenvalue weighted by Crippen LogP contribution is -2.31. The van der Waals surface area contributed by atoms with E-state index in [2.05, 4.69) is 10.3 Å². The minimum atomic E-state index is -3.74. The molecule has 0 aliphatic heterocycles. The van der Waals surface area contributed by atoms with Crippen LogP contribution < -0.4 is 9.62 Å². The quantitative estimate of drug-likeness (QED) is 0.419. The summed E-state index contributed by atoms with van der Waals surface area (Å²) in [6, 6.07) is 18.2. The van der Waals surface area contributed by atoms with E-state index < -0.39 is 16.1 Å². The van der Waals surface area contributed by atoms with Crippen molar-refractivity contribution < 1.29 is 17.6 Å². The molecule has 0 aliphatic rings. The third-order valence-corrected chi connectivity index (χ3v) is 7.57. The van der Waals surface area contributed by atoms with Gasteiger partial charge in [-0.25, -0.2) is 17.8 Å². The first kappa shape index (κ1) is 24.2. The molecular weight excluding hydrogens is 467 g/mol. The minimum absolute atomic E-state index is 0.185. The van der Waals surface area contributed by atoms with Crippen LogP contribution in [0.4, 0.5) is 10.1 Å². The monoisotopic (exact) mass is 492 g/mol. The third kappa shape index (κ3) is 5.09. The van der Waals surface area contributed by atoms with Gasteiger partial charge in [0.2, 0.25) is 0 Å². The largest absolute Gasteiger partial charge is 0.338 e. The molecule has 0 spiro atoms. The van der Waals surface area contributed by atoms with Gasteiger partial charge in [0, 0.05) is 32.1 Å². The van der Waals surface area contributed by atoms with Crippen molar-refractivity contribution in [3.05, 3.63) is 114 Å². The zero-order valence-corrected chi connectivity index (χ0v) is 20.3. The average Bonchev–Trinajstić information content (AvgIpc) is 3.28. The van der Waals surface area contributed by atoms with E-state index >= 15 is 0 Å². The second-order valence-corrected chi connectivity index (χ2v) is 10.2. The van der Waals surface area contributed by atoms with Crippen molar-refractivity contribution in [3.8, 4) is 0 Å². The highest BCUT2D eigenvalue weighted by molar-refractivity contribution is 7.92. The Labute approximate surface area is 203 Å². The molecule has 0 aliphatic carbocycles. The van der Waals surface area contributed by atoms with Crippen LogP contribution in [0.5, 0.6) is 0 Å². The summed E-state index contributed by atoms with van der Waals surface area (Å²) in [5, 5.41) is 2.95. The number of hydrogen-bond donors (Lipinski definition) is 1. The number of benzene rings is 3. The van der Waals surface area contributed by atoms with Crippen LogP contribution in [-0.2, 0) is 17.1 Å². The fraction of sp³-hybridized carbons (Fsp3) is 0.154. The van der Waals surface area contributed by atoms with Gasteiger partial charge in [-0.05, 0) is 61.0 Å². The zero-order valence-electron chi connectivity index (χ0n) is 19.5. The summed E-state index contributed by atoms with van der Waals surface area (Å²) in [4.78, 5) is 17.6. The first-order chi connectivity index (χ1) is 16.7. The molecule has 4 rings (SSSR count). The average molecular weight is 493 g/mol. The number of carbonyl (C=O) groups is 1. The second kappa shape index (κ2) is 9.71. The van der Waals surface area contributed by atoms with Gasteiger partial charge in [-0.3, -0.25) is 9.10 Å². The van der Waals surface area contributed by atoms with Gasteiger partial charge >= 0.3 is 0 Å². The van der Waals surface area contributed by atoms with Crippen molar-refractivity contribution in [2.75, 3.05) is 11.4 Å². The second-order valence-electron chi connectivity index (χ2n) is 8.19. The smallest absolute Gasteiger partial charge is 0.264 e. The summed E-state index contributed by atoms with van der Waals surface area (Å²) in [5.41, 5.74) is 2.40. The molecule has 0 saturated heterocycles. The Morgan fingerprint density at radius 2 is 1.63 bits per heavy atom. The number of amides is 1. The Bertz CT molecular complexity index is 1430. The van der Waals surface area contributed by atoms with Gasteiger partial charge in [0.15, 0.2) is 0 Å². The Balaban J connectivity index is 1.56. The molecule has 1 N–H and O–H groups in total. The summed E-state index contributed by atoms with van der Waals surface area (Å²) in [6.45, 7) is 1.89. The highest BCUT2D eigenvalue weighted by Crippen LogP contribution is 2.24. The Morgan fingerprint density at radius 1 is 1.00 bits per heavy atom. The van der Waals surface area contributed by atoms with Crippen LogP contribution in [0.3, 0.4) is 0 Å². The van der Waals surface area contributed by atoms with E-state index in [4.69, 9.17) is 0 Å². The number of hydrogen-bond acceptors (Lipinski definition) is 4. The lowest BCUT2D eigenvalue weighted by atomic mass is 10.0. The summed E-state index contributed by atoms with van der Waals surface area (Å²) >= 11 is 0. The van der Waals surface area contributed by atoms with Gasteiger partial charge in [0.25, 0.3) is 15.9 Å². The summed E-state index contributed by atoms with van der Waals surface area (Å²) in [5.74, 6) is -0.164. The van der Waals surface area contributed by atoms with Crippen molar-refractivity contribution in [1.82, 2.24) is 14.9 Å². The Kier molecular flexibility index (Phi) is 6.70. The van der Waals surface area contributed by atoms with Gasteiger partial charge in [-0.2, -0.15) is 0 Å². The Morgan fingerprint density at radius 3 is 2.20 bits per heavy atom. The number of sulfonamides is 1. The number of aryl methyl sites for hydroxylation is 2. The van der Waals surface area contributed by atoms with E-state index in [1.54, 1.807) is 77.6 Å². The molecule has 0 radical (unpaired) electrons. The number of halogens is 1. The predicted octanol–water partition coefficient (Wildman–Crippen LogP) is 4.21. The van der Waals surface area contributed by atoms with Crippen LogP contribution in [-0.4, -0.2) is 30.9 Å². The number of nitrogens with zero attached hydrogens (tertiary/aromatic N) is 3. The number of aromatic nitrogens is 2. The topological polar surface area (TPSA) is 84.3 Å². The van der Waals surface area contributed by atoms with E-state index in [0.29, 0.717) is 22.6 Å². The molecule has 1 heterocycles. The lowest BCUT2D eigenvalue weighted by molar-refractivity contribution is 0.0941. The molecule has 1 aromatic heterocycles. The van der Waals surface area contributed by atoms with Crippen LogP contribution in [0.25, 0.3) is 0 Å². The number of carbonyl (C=O) groups excluding carboxylic acids is 1. The van der Waals surface area contributed by atoms with Crippen molar-refractivity contribution >= 4 is 21.6 Å². The molecule has 7 nitrogen and oxygen atoms in total. The number of nitrogens with one attached hydrogen (secondary N) is 1. The molecule has 4 aromatic rings. The number of anilines is 1. The van der Waals surface area contributed by atoms with E-state index in [1.165, 1.54) is 23.5 Å². The molecule has 1 atom stereocenters. The van der Waals surface area contributed by atoms with E-state index in [1.807, 2.05) is 14.0 Å². The van der Waals surface area contributed by atoms with Gasteiger partial charge in [0.1, 0.15) is 17.7 Å². The standard InChI is InChI=1S/C26H25FN4O3S/c1-18-4-14-23(15-5-18)35(33,34)31(3)22-12-8-20(9-13-22)26(32)29-24(25-28-16-17-30(25)2)19-6-10-21(27)11-7-19/h4-17,24H,1-3H3,(H,29,32).